The van der Waals surface area contributed by atoms with Gasteiger partial charge in [-0.1, -0.05) is 31.4 Å². The molecule has 1 aliphatic heterocycles. The Balaban J connectivity index is 1.35. The Morgan fingerprint density at radius 3 is 2.75 bits per heavy atom. The van der Waals surface area contributed by atoms with E-state index in [-0.39, 0.29) is 5.56 Å². The SMILES string of the molecule is O=c1[nH]c(C2CCCCC2)nc2c1CN(Cc1cnc3ccccc3n1)CC2. The van der Waals surface area contributed by atoms with Crippen molar-refractivity contribution in [3.63, 3.8) is 0 Å². The maximum atomic E-state index is 12.7. The van der Waals surface area contributed by atoms with Crippen molar-refractivity contribution >= 4 is 11.0 Å². The van der Waals surface area contributed by atoms with Crippen molar-refractivity contribution in [2.24, 2.45) is 0 Å². The van der Waals surface area contributed by atoms with Gasteiger partial charge in [0, 0.05) is 32.0 Å². The van der Waals surface area contributed by atoms with Gasteiger partial charge in [0.15, 0.2) is 0 Å². The molecule has 0 amide bonds. The summed E-state index contributed by atoms with van der Waals surface area (Å²) < 4.78 is 0. The van der Waals surface area contributed by atoms with E-state index in [1.54, 1.807) is 0 Å². The quantitative estimate of drug-likeness (QED) is 0.760. The lowest BCUT2D eigenvalue weighted by Gasteiger charge is -2.28. The maximum Gasteiger partial charge on any atom is 0.255 e. The highest BCUT2D eigenvalue weighted by atomic mass is 16.1. The number of fused-ring (bicyclic) bond motifs is 2. The second-order valence-corrected chi connectivity index (χ2v) is 8.02. The van der Waals surface area contributed by atoms with Crippen LogP contribution in [0.2, 0.25) is 0 Å². The van der Waals surface area contributed by atoms with Crippen LogP contribution in [0.5, 0.6) is 0 Å². The number of rotatable bonds is 3. The fourth-order valence-corrected chi connectivity index (χ4v) is 4.51. The van der Waals surface area contributed by atoms with Gasteiger partial charge in [-0.3, -0.25) is 14.7 Å². The van der Waals surface area contributed by atoms with Gasteiger partial charge >= 0.3 is 0 Å². The number of nitrogens with zero attached hydrogens (tertiary/aromatic N) is 4. The minimum Gasteiger partial charge on any atom is -0.310 e. The lowest BCUT2D eigenvalue weighted by molar-refractivity contribution is 0.238. The normalized spacial score (nSPS) is 18.3. The molecule has 1 N–H and O–H groups in total. The summed E-state index contributed by atoms with van der Waals surface area (Å²) in [6.07, 6.45) is 8.74. The molecule has 3 heterocycles. The summed E-state index contributed by atoms with van der Waals surface area (Å²) in [7, 11) is 0. The molecule has 0 atom stereocenters. The Morgan fingerprint density at radius 1 is 1.07 bits per heavy atom. The number of para-hydroxylation sites is 2. The highest BCUT2D eigenvalue weighted by Gasteiger charge is 2.24. The van der Waals surface area contributed by atoms with E-state index in [0.717, 1.165) is 59.6 Å². The monoisotopic (exact) mass is 375 g/mol. The van der Waals surface area contributed by atoms with Crippen molar-refractivity contribution in [2.45, 2.75) is 57.5 Å². The molecule has 2 aliphatic rings. The zero-order valence-electron chi connectivity index (χ0n) is 16.0. The minimum atomic E-state index is 0.0415. The molecule has 0 bridgehead atoms. The molecule has 0 radical (unpaired) electrons. The summed E-state index contributed by atoms with van der Waals surface area (Å²) in [6, 6.07) is 7.91. The third-order valence-electron chi connectivity index (χ3n) is 6.04. The van der Waals surface area contributed by atoms with Crippen molar-refractivity contribution in [1.82, 2.24) is 24.8 Å². The highest BCUT2D eigenvalue weighted by Crippen LogP contribution is 2.30. The van der Waals surface area contributed by atoms with Gasteiger partial charge in [-0.2, -0.15) is 0 Å². The molecule has 0 spiro atoms. The summed E-state index contributed by atoms with van der Waals surface area (Å²) >= 11 is 0. The van der Waals surface area contributed by atoms with Crippen molar-refractivity contribution in [2.75, 3.05) is 6.54 Å². The van der Waals surface area contributed by atoms with Crippen LogP contribution in [0.3, 0.4) is 0 Å². The van der Waals surface area contributed by atoms with Crippen LogP contribution in [0.25, 0.3) is 11.0 Å². The molecular formula is C22H25N5O. The Labute approximate surface area is 164 Å². The molecule has 5 rings (SSSR count). The predicted octanol–water partition coefficient (Wildman–Crippen LogP) is 3.32. The Hall–Kier alpha value is -2.60. The molecule has 0 saturated heterocycles. The standard InChI is InChI=1S/C22H25N5O/c28-22-17-14-27(13-16-12-23-19-8-4-5-9-20(19)24-16)11-10-18(17)25-21(26-22)15-6-2-1-3-7-15/h4-5,8-9,12,15H,1-3,6-7,10-11,13-14H2,(H,25,26,28). The van der Waals surface area contributed by atoms with Gasteiger partial charge in [-0.25, -0.2) is 9.97 Å². The summed E-state index contributed by atoms with van der Waals surface area (Å²) in [4.78, 5) is 32.2. The summed E-state index contributed by atoms with van der Waals surface area (Å²) in [5.41, 5.74) is 4.61. The van der Waals surface area contributed by atoms with Crippen LogP contribution in [0.15, 0.2) is 35.3 Å². The van der Waals surface area contributed by atoms with Crippen molar-refractivity contribution < 1.29 is 0 Å². The van der Waals surface area contributed by atoms with Crippen LogP contribution in [0.4, 0.5) is 0 Å². The summed E-state index contributed by atoms with van der Waals surface area (Å²) in [5, 5.41) is 0. The fourth-order valence-electron chi connectivity index (χ4n) is 4.51. The van der Waals surface area contributed by atoms with E-state index in [0.29, 0.717) is 19.0 Å². The zero-order valence-corrected chi connectivity index (χ0v) is 16.0. The topological polar surface area (TPSA) is 74.8 Å². The van der Waals surface area contributed by atoms with Gasteiger partial charge in [0.05, 0.1) is 34.2 Å². The van der Waals surface area contributed by atoms with Crippen molar-refractivity contribution in [3.8, 4) is 0 Å². The van der Waals surface area contributed by atoms with E-state index >= 15 is 0 Å². The van der Waals surface area contributed by atoms with Crippen LogP contribution in [0.1, 0.15) is 60.8 Å². The van der Waals surface area contributed by atoms with Gasteiger partial charge in [0.2, 0.25) is 0 Å². The Bertz CT molecular complexity index is 1050. The first-order chi connectivity index (χ1) is 13.8. The maximum absolute atomic E-state index is 12.7. The van der Waals surface area contributed by atoms with Crippen LogP contribution in [0, 0.1) is 0 Å². The molecule has 2 aromatic heterocycles. The Kier molecular flexibility index (Phi) is 4.64. The van der Waals surface area contributed by atoms with Crippen LogP contribution >= 0.6 is 0 Å². The molecule has 1 fully saturated rings. The molecule has 1 saturated carbocycles. The smallest absolute Gasteiger partial charge is 0.255 e. The van der Waals surface area contributed by atoms with Gasteiger partial charge in [0.25, 0.3) is 5.56 Å². The van der Waals surface area contributed by atoms with Crippen molar-refractivity contribution in [3.05, 3.63) is 63.6 Å². The van der Waals surface area contributed by atoms with E-state index in [9.17, 15) is 4.79 Å². The van der Waals surface area contributed by atoms with E-state index in [4.69, 9.17) is 9.97 Å². The minimum absolute atomic E-state index is 0.0415. The fraction of sp³-hybridized carbons (Fsp3) is 0.455. The molecule has 144 valence electrons. The van der Waals surface area contributed by atoms with E-state index < -0.39 is 0 Å². The highest BCUT2D eigenvalue weighted by molar-refractivity contribution is 5.73. The molecule has 0 unspecified atom stereocenters. The first-order valence-corrected chi connectivity index (χ1v) is 10.3. The average molecular weight is 375 g/mol. The third-order valence-corrected chi connectivity index (χ3v) is 6.04. The number of hydrogen-bond acceptors (Lipinski definition) is 5. The van der Waals surface area contributed by atoms with Gasteiger partial charge in [-0.15, -0.1) is 0 Å². The lowest BCUT2D eigenvalue weighted by atomic mass is 9.88. The van der Waals surface area contributed by atoms with Gasteiger partial charge < -0.3 is 4.98 Å². The number of hydrogen-bond donors (Lipinski definition) is 1. The summed E-state index contributed by atoms with van der Waals surface area (Å²) in [6.45, 7) is 2.21. The molecule has 6 nitrogen and oxygen atoms in total. The van der Waals surface area contributed by atoms with E-state index in [2.05, 4.69) is 14.9 Å². The lowest BCUT2D eigenvalue weighted by Crippen LogP contribution is -2.36. The first-order valence-electron chi connectivity index (χ1n) is 10.3. The number of H-pyrrole nitrogens is 1. The number of aromatic nitrogens is 4. The van der Waals surface area contributed by atoms with Crippen LogP contribution in [-0.4, -0.2) is 31.4 Å². The number of aromatic amines is 1. The number of benzene rings is 1. The predicted molar refractivity (Wildman–Crippen MR) is 108 cm³/mol. The zero-order chi connectivity index (χ0) is 18.9. The third kappa shape index (κ3) is 3.44. The van der Waals surface area contributed by atoms with Crippen LogP contribution in [-0.2, 0) is 19.5 Å². The largest absolute Gasteiger partial charge is 0.310 e. The van der Waals surface area contributed by atoms with E-state index in [1.807, 2.05) is 30.5 Å². The second kappa shape index (κ2) is 7.43. The molecule has 3 aromatic rings. The molecule has 28 heavy (non-hydrogen) atoms. The first kappa shape index (κ1) is 17.5. The van der Waals surface area contributed by atoms with E-state index in [1.165, 1.54) is 19.3 Å². The van der Waals surface area contributed by atoms with Crippen LogP contribution < -0.4 is 5.56 Å². The second-order valence-electron chi connectivity index (χ2n) is 8.02. The number of nitrogens with one attached hydrogen (secondary N) is 1. The molecule has 1 aliphatic carbocycles. The van der Waals surface area contributed by atoms with Gasteiger partial charge in [-0.05, 0) is 25.0 Å². The average Bonchev–Trinajstić information content (AvgIpc) is 2.74. The summed E-state index contributed by atoms with van der Waals surface area (Å²) in [5.74, 6) is 1.34. The molecular weight excluding hydrogens is 350 g/mol. The Morgan fingerprint density at radius 2 is 1.89 bits per heavy atom. The van der Waals surface area contributed by atoms with Gasteiger partial charge in [0.1, 0.15) is 5.82 Å². The molecule has 6 heteroatoms. The molecule has 1 aromatic carbocycles. The van der Waals surface area contributed by atoms with Crippen molar-refractivity contribution in [1.29, 1.82) is 0 Å².